The van der Waals surface area contributed by atoms with Crippen molar-refractivity contribution in [2.45, 2.75) is 26.4 Å². The monoisotopic (exact) mass is 297 g/mol. The summed E-state index contributed by atoms with van der Waals surface area (Å²) in [5, 5.41) is 13.1. The lowest BCUT2D eigenvalue weighted by Crippen LogP contribution is -2.25. The Balaban J connectivity index is 1.87. The first-order chi connectivity index (χ1) is 10.5. The van der Waals surface area contributed by atoms with Crippen molar-refractivity contribution in [2.24, 2.45) is 10.7 Å². The maximum atomic E-state index is 10.0. The predicted octanol–water partition coefficient (Wildman–Crippen LogP) is 2.63. The standard InChI is InChI=1S/C18H23N3O/c1-13-8-9-16(10-14(13)2)21-18(19)20-12-17(22)11-15-6-4-3-5-7-15/h3-10,17,22H,11-12H2,1-2H3,(H3,19,20,21). The number of nitrogens with two attached hydrogens (primary N) is 1. The second-order valence-electron chi connectivity index (χ2n) is 5.49. The summed E-state index contributed by atoms with van der Waals surface area (Å²) in [6, 6.07) is 15.9. The zero-order valence-electron chi connectivity index (χ0n) is 13.1. The molecule has 4 heteroatoms. The smallest absolute Gasteiger partial charge is 0.193 e. The van der Waals surface area contributed by atoms with Crippen molar-refractivity contribution in [1.82, 2.24) is 0 Å². The summed E-state index contributed by atoms with van der Waals surface area (Å²) in [6.07, 6.45) is 0.0313. The Bertz CT molecular complexity index is 638. The molecule has 0 bridgehead atoms. The third kappa shape index (κ3) is 4.90. The Labute approximate surface area is 131 Å². The summed E-state index contributed by atoms with van der Waals surface area (Å²) in [5.74, 6) is 0.315. The number of aliphatic hydroxyl groups is 1. The molecule has 1 unspecified atom stereocenters. The van der Waals surface area contributed by atoms with Gasteiger partial charge in [-0.2, -0.15) is 0 Å². The lowest BCUT2D eigenvalue weighted by atomic mass is 10.1. The third-order valence-electron chi connectivity index (χ3n) is 3.57. The van der Waals surface area contributed by atoms with E-state index in [2.05, 4.69) is 24.2 Å². The molecule has 22 heavy (non-hydrogen) atoms. The van der Waals surface area contributed by atoms with E-state index in [-0.39, 0.29) is 6.54 Å². The fourth-order valence-corrected chi connectivity index (χ4v) is 2.16. The molecule has 2 aromatic carbocycles. The van der Waals surface area contributed by atoms with Gasteiger partial charge in [0.1, 0.15) is 0 Å². The number of aliphatic hydroxyl groups excluding tert-OH is 1. The molecule has 1 atom stereocenters. The summed E-state index contributed by atoms with van der Waals surface area (Å²) in [4.78, 5) is 4.20. The summed E-state index contributed by atoms with van der Waals surface area (Å²) in [5.41, 5.74) is 10.3. The Kier molecular flexibility index (Phi) is 5.55. The van der Waals surface area contributed by atoms with Crippen LogP contribution in [0.4, 0.5) is 5.69 Å². The van der Waals surface area contributed by atoms with E-state index >= 15 is 0 Å². The molecule has 0 radical (unpaired) electrons. The molecular weight excluding hydrogens is 274 g/mol. The summed E-state index contributed by atoms with van der Waals surface area (Å²) in [6.45, 7) is 4.40. The number of aryl methyl sites for hydroxylation is 2. The van der Waals surface area contributed by atoms with Crippen molar-refractivity contribution in [3.63, 3.8) is 0 Å². The largest absolute Gasteiger partial charge is 0.391 e. The Morgan fingerprint density at radius 3 is 2.55 bits per heavy atom. The third-order valence-corrected chi connectivity index (χ3v) is 3.57. The van der Waals surface area contributed by atoms with Crippen molar-refractivity contribution in [3.8, 4) is 0 Å². The minimum atomic E-state index is -0.539. The van der Waals surface area contributed by atoms with E-state index in [1.807, 2.05) is 48.5 Å². The van der Waals surface area contributed by atoms with Gasteiger partial charge in [-0.3, -0.25) is 4.99 Å². The Morgan fingerprint density at radius 1 is 1.14 bits per heavy atom. The molecule has 4 N–H and O–H groups in total. The van der Waals surface area contributed by atoms with E-state index in [4.69, 9.17) is 5.73 Å². The van der Waals surface area contributed by atoms with Crippen LogP contribution in [-0.2, 0) is 6.42 Å². The van der Waals surface area contributed by atoms with Crippen LogP contribution in [-0.4, -0.2) is 23.7 Å². The number of hydrogen-bond acceptors (Lipinski definition) is 2. The quantitative estimate of drug-likeness (QED) is 0.587. The van der Waals surface area contributed by atoms with Crippen LogP contribution in [0.3, 0.4) is 0 Å². The molecule has 2 aromatic rings. The molecule has 0 aromatic heterocycles. The summed E-state index contributed by atoms with van der Waals surface area (Å²) in [7, 11) is 0. The second-order valence-corrected chi connectivity index (χ2v) is 5.49. The van der Waals surface area contributed by atoms with Crippen LogP contribution >= 0.6 is 0 Å². The highest BCUT2D eigenvalue weighted by molar-refractivity contribution is 5.92. The molecule has 0 aliphatic carbocycles. The first-order valence-electron chi connectivity index (χ1n) is 7.41. The number of guanidine groups is 1. The summed E-state index contributed by atoms with van der Waals surface area (Å²) >= 11 is 0. The van der Waals surface area contributed by atoms with Crippen molar-refractivity contribution in [3.05, 3.63) is 65.2 Å². The second kappa shape index (κ2) is 7.61. The van der Waals surface area contributed by atoms with E-state index in [1.165, 1.54) is 11.1 Å². The molecule has 2 rings (SSSR count). The normalized spacial score (nSPS) is 13.0. The molecule has 0 amide bonds. The number of rotatable bonds is 5. The Morgan fingerprint density at radius 2 is 1.86 bits per heavy atom. The zero-order chi connectivity index (χ0) is 15.9. The minimum absolute atomic E-state index is 0.276. The van der Waals surface area contributed by atoms with Gasteiger partial charge >= 0.3 is 0 Å². The number of benzene rings is 2. The average molecular weight is 297 g/mol. The van der Waals surface area contributed by atoms with Gasteiger partial charge in [-0.1, -0.05) is 36.4 Å². The number of anilines is 1. The lowest BCUT2D eigenvalue weighted by molar-refractivity contribution is 0.184. The first-order valence-corrected chi connectivity index (χ1v) is 7.41. The van der Waals surface area contributed by atoms with Gasteiger partial charge in [-0.05, 0) is 42.7 Å². The SMILES string of the molecule is Cc1ccc(NC(N)=NCC(O)Cc2ccccc2)cc1C. The highest BCUT2D eigenvalue weighted by Crippen LogP contribution is 2.13. The Hall–Kier alpha value is -2.33. The van der Waals surface area contributed by atoms with Gasteiger partial charge in [-0.25, -0.2) is 0 Å². The van der Waals surface area contributed by atoms with E-state index in [0.29, 0.717) is 12.4 Å². The highest BCUT2D eigenvalue weighted by Gasteiger charge is 2.05. The van der Waals surface area contributed by atoms with Crippen LogP contribution in [0, 0.1) is 13.8 Å². The lowest BCUT2D eigenvalue weighted by Gasteiger charge is -2.10. The number of hydrogen-bond donors (Lipinski definition) is 3. The van der Waals surface area contributed by atoms with Crippen LogP contribution in [0.5, 0.6) is 0 Å². The van der Waals surface area contributed by atoms with Crippen molar-refractivity contribution < 1.29 is 5.11 Å². The van der Waals surface area contributed by atoms with Gasteiger partial charge < -0.3 is 16.2 Å². The van der Waals surface area contributed by atoms with Crippen molar-refractivity contribution in [2.75, 3.05) is 11.9 Å². The van der Waals surface area contributed by atoms with Crippen molar-refractivity contribution in [1.29, 1.82) is 0 Å². The minimum Gasteiger partial charge on any atom is -0.391 e. The van der Waals surface area contributed by atoms with Gasteiger partial charge in [0.15, 0.2) is 5.96 Å². The van der Waals surface area contributed by atoms with Gasteiger partial charge in [0, 0.05) is 12.1 Å². The first kappa shape index (κ1) is 16.0. The highest BCUT2D eigenvalue weighted by atomic mass is 16.3. The average Bonchev–Trinajstić information content (AvgIpc) is 2.50. The molecule has 4 nitrogen and oxygen atoms in total. The van der Waals surface area contributed by atoms with Gasteiger partial charge in [-0.15, -0.1) is 0 Å². The molecule has 0 aliphatic heterocycles. The van der Waals surface area contributed by atoms with Crippen LogP contribution < -0.4 is 11.1 Å². The zero-order valence-corrected chi connectivity index (χ0v) is 13.1. The van der Waals surface area contributed by atoms with Crippen LogP contribution in [0.1, 0.15) is 16.7 Å². The van der Waals surface area contributed by atoms with Gasteiger partial charge in [0.25, 0.3) is 0 Å². The van der Waals surface area contributed by atoms with E-state index < -0.39 is 6.10 Å². The van der Waals surface area contributed by atoms with Gasteiger partial charge in [0.2, 0.25) is 0 Å². The predicted molar refractivity (Wildman–Crippen MR) is 92.2 cm³/mol. The number of nitrogens with zero attached hydrogens (tertiary/aromatic N) is 1. The fourth-order valence-electron chi connectivity index (χ4n) is 2.16. The van der Waals surface area contributed by atoms with Crippen LogP contribution in [0.15, 0.2) is 53.5 Å². The van der Waals surface area contributed by atoms with E-state index in [1.54, 1.807) is 0 Å². The molecule has 0 spiro atoms. The molecular formula is C18H23N3O. The topological polar surface area (TPSA) is 70.6 Å². The molecule has 0 saturated heterocycles. The van der Waals surface area contributed by atoms with Crippen LogP contribution in [0.25, 0.3) is 0 Å². The molecule has 0 heterocycles. The molecule has 0 aliphatic rings. The molecule has 116 valence electrons. The van der Waals surface area contributed by atoms with Gasteiger partial charge in [0.05, 0.1) is 12.6 Å². The molecule has 0 saturated carbocycles. The van der Waals surface area contributed by atoms with E-state index in [9.17, 15) is 5.11 Å². The van der Waals surface area contributed by atoms with E-state index in [0.717, 1.165) is 11.3 Å². The maximum absolute atomic E-state index is 10.0. The molecule has 0 fully saturated rings. The fraction of sp³-hybridized carbons (Fsp3) is 0.278. The number of nitrogens with one attached hydrogen (secondary N) is 1. The number of aliphatic imine (C=N–C) groups is 1. The van der Waals surface area contributed by atoms with Crippen molar-refractivity contribution >= 4 is 11.6 Å². The maximum Gasteiger partial charge on any atom is 0.193 e. The summed E-state index contributed by atoms with van der Waals surface area (Å²) < 4.78 is 0. The van der Waals surface area contributed by atoms with Crippen LogP contribution in [0.2, 0.25) is 0 Å².